The van der Waals surface area contributed by atoms with Crippen LogP contribution >= 0.6 is 0 Å². The zero-order valence-electron chi connectivity index (χ0n) is 20.4. The highest BCUT2D eigenvalue weighted by atomic mass is 16.5. The maximum absolute atomic E-state index is 13.7. The third-order valence-corrected chi connectivity index (χ3v) is 7.69. The first kappa shape index (κ1) is 22.8. The first-order valence-electron chi connectivity index (χ1n) is 12.5. The van der Waals surface area contributed by atoms with Gasteiger partial charge in [0, 0.05) is 42.8 Å². The van der Waals surface area contributed by atoms with Crippen molar-refractivity contribution >= 4 is 17.4 Å². The Morgan fingerprint density at radius 1 is 1.03 bits per heavy atom. The van der Waals surface area contributed by atoms with Gasteiger partial charge < -0.3 is 19.2 Å². The number of methoxy groups -OCH3 is 1. The zero-order valence-corrected chi connectivity index (χ0v) is 20.4. The summed E-state index contributed by atoms with van der Waals surface area (Å²) < 4.78 is 12.4. The molecule has 0 radical (unpaired) electrons. The Morgan fingerprint density at radius 2 is 1.72 bits per heavy atom. The number of carbonyl (C=O) groups excluding carboxylic acids is 1. The van der Waals surface area contributed by atoms with Gasteiger partial charge >= 0.3 is 0 Å². The monoisotopic (exact) mass is 483 g/mol. The van der Waals surface area contributed by atoms with Crippen LogP contribution in [0.2, 0.25) is 0 Å². The molecule has 3 aromatic rings. The lowest BCUT2D eigenvalue weighted by Crippen LogP contribution is -2.41. The number of nitrogens with zero attached hydrogens (tertiary/aromatic N) is 5. The molecule has 2 aliphatic heterocycles. The average molecular weight is 484 g/mol. The molecule has 0 N–H and O–H groups in total. The van der Waals surface area contributed by atoms with Crippen molar-refractivity contribution in [3.05, 3.63) is 76.8 Å². The molecule has 0 atom stereocenters. The smallest absolute Gasteiger partial charge is 0.300 e. The van der Waals surface area contributed by atoms with Crippen molar-refractivity contribution in [3.8, 4) is 11.4 Å². The van der Waals surface area contributed by atoms with E-state index in [9.17, 15) is 4.79 Å². The highest BCUT2D eigenvalue weighted by Gasteiger charge is 2.45. The number of amides is 1. The fourth-order valence-electron chi connectivity index (χ4n) is 5.46. The van der Waals surface area contributed by atoms with Crippen molar-refractivity contribution in [2.75, 3.05) is 51.4 Å². The van der Waals surface area contributed by atoms with Crippen LogP contribution < -0.4 is 9.64 Å². The van der Waals surface area contributed by atoms with Gasteiger partial charge in [0.2, 0.25) is 0 Å². The molecule has 1 aromatic heterocycles. The number of morpholine rings is 1. The molecular formula is C28H29N5O3. The topological polar surface area (TPSA) is 64.2 Å². The molecule has 1 amide bonds. The van der Waals surface area contributed by atoms with Crippen LogP contribution in [0.5, 0.6) is 5.75 Å². The second kappa shape index (κ2) is 9.08. The predicted octanol–water partition coefficient (Wildman–Crippen LogP) is 4.00. The maximum Gasteiger partial charge on any atom is 0.300 e. The van der Waals surface area contributed by atoms with Crippen molar-refractivity contribution in [3.63, 3.8) is 0 Å². The molecule has 3 aliphatic rings. The molecule has 184 valence electrons. The molecule has 36 heavy (non-hydrogen) atoms. The van der Waals surface area contributed by atoms with Crippen LogP contribution in [-0.4, -0.2) is 67.1 Å². The van der Waals surface area contributed by atoms with Crippen molar-refractivity contribution < 1.29 is 14.3 Å². The van der Waals surface area contributed by atoms with E-state index in [1.165, 1.54) is 18.4 Å². The second-order valence-electron chi connectivity index (χ2n) is 9.79. The number of ether oxygens (including phenoxy) is 2. The number of benzene rings is 2. The highest BCUT2D eigenvalue weighted by Crippen LogP contribution is 2.49. The summed E-state index contributed by atoms with van der Waals surface area (Å²) in [5.74, 6) is 0.889. The van der Waals surface area contributed by atoms with Gasteiger partial charge in [-0.3, -0.25) is 9.69 Å². The van der Waals surface area contributed by atoms with Crippen LogP contribution in [0.15, 0.2) is 48.5 Å². The molecule has 1 saturated carbocycles. The van der Waals surface area contributed by atoms with Gasteiger partial charge in [-0.2, -0.15) is 4.68 Å². The van der Waals surface area contributed by atoms with Gasteiger partial charge in [0.1, 0.15) is 11.4 Å². The predicted molar refractivity (Wildman–Crippen MR) is 136 cm³/mol. The first-order valence-corrected chi connectivity index (χ1v) is 12.5. The van der Waals surface area contributed by atoms with Crippen LogP contribution in [0, 0.1) is 6.57 Å². The van der Waals surface area contributed by atoms with Crippen molar-refractivity contribution in [1.29, 1.82) is 0 Å². The number of hydrogen-bond acceptors (Lipinski definition) is 5. The lowest BCUT2D eigenvalue weighted by atomic mass is 9.94. The van der Waals surface area contributed by atoms with Crippen LogP contribution in [0.1, 0.15) is 34.5 Å². The minimum Gasteiger partial charge on any atom is -0.497 e. The van der Waals surface area contributed by atoms with E-state index in [2.05, 4.69) is 39.1 Å². The van der Waals surface area contributed by atoms with E-state index in [1.807, 2.05) is 29.2 Å². The van der Waals surface area contributed by atoms with Gasteiger partial charge in [0.05, 0.1) is 26.0 Å². The highest BCUT2D eigenvalue weighted by molar-refractivity contribution is 6.08. The van der Waals surface area contributed by atoms with Gasteiger partial charge in [-0.05, 0) is 66.3 Å². The standard InChI is InChI=1S/C28H29N5O3/c1-29-26-24-11-14-32(27(34)25(24)33(30-26)22-7-9-23(35-2)10-8-22)21-5-3-20(4-6-21)28(12-13-28)19-31-15-17-36-18-16-31/h3-10H,11-19H2,2H3. The molecule has 3 heterocycles. The Kier molecular flexibility index (Phi) is 5.75. The van der Waals surface area contributed by atoms with E-state index in [0.717, 1.165) is 55.5 Å². The summed E-state index contributed by atoms with van der Waals surface area (Å²) >= 11 is 0. The lowest BCUT2D eigenvalue weighted by molar-refractivity contribution is 0.0336. The van der Waals surface area contributed by atoms with Gasteiger partial charge in [0.15, 0.2) is 0 Å². The lowest BCUT2D eigenvalue weighted by Gasteiger charge is -2.31. The molecule has 0 unspecified atom stereocenters. The van der Waals surface area contributed by atoms with Crippen LogP contribution in [-0.2, 0) is 16.6 Å². The summed E-state index contributed by atoms with van der Waals surface area (Å²) in [6.45, 7) is 12.8. The molecule has 2 aromatic carbocycles. The number of hydrogen-bond donors (Lipinski definition) is 0. The Balaban J connectivity index is 1.26. The maximum atomic E-state index is 13.7. The molecule has 8 heteroatoms. The Hall–Kier alpha value is -3.67. The van der Waals surface area contributed by atoms with Crippen LogP contribution in [0.3, 0.4) is 0 Å². The number of rotatable bonds is 6. The SMILES string of the molecule is [C-]#[N+]c1nn(-c2ccc(OC)cc2)c2c1CCN(c1ccc(C3(CN4CCOCC4)CC3)cc1)C2=O. The summed E-state index contributed by atoms with van der Waals surface area (Å²) in [5, 5.41) is 4.49. The van der Waals surface area contributed by atoms with Crippen LogP contribution in [0.4, 0.5) is 11.5 Å². The van der Waals surface area contributed by atoms with E-state index < -0.39 is 0 Å². The van der Waals surface area contributed by atoms with Crippen molar-refractivity contribution in [2.45, 2.75) is 24.7 Å². The normalized spacial score (nSPS) is 19.0. The first-order chi connectivity index (χ1) is 17.6. The molecule has 1 saturated heterocycles. The Morgan fingerprint density at radius 3 is 2.36 bits per heavy atom. The average Bonchev–Trinajstić information content (AvgIpc) is 3.61. The minimum atomic E-state index is -0.128. The molecule has 2 fully saturated rings. The van der Waals surface area contributed by atoms with Crippen molar-refractivity contribution in [1.82, 2.24) is 14.7 Å². The Bertz CT molecular complexity index is 1310. The summed E-state index contributed by atoms with van der Waals surface area (Å²) in [7, 11) is 1.61. The van der Waals surface area contributed by atoms with E-state index >= 15 is 0 Å². The molecule has 0 bridgehead atoms. The largest absolute Gasteiger partial charge is 0.497 e. The van der Waals surface area contributed by atoms with E-state index in [0.29, 0.717) is 24.5 Å². The second-order valence-corrected chi connectivity index (χ2v) is 9.79. The quantitative estimate of drug-likeness (QED) is 0.496. The number of aromatic nitrogens is 2. The fraction of sp³-hybridized carbons (Fsp3) is 0.393. The summed E-state index contributed by atoms with van der Waals surface area (Å²) in [6.07, 6.45) is 3.00. The molecule has 1 aliphatic carbocycles. The molecular weight excluding hydrogens is 454 g/mol. The molecule has 6 rings (SSSR count). The van der Waals surface area contributed by atoms with Gasteiger partial charge in [-0.1, -0.05) is 18.7 Å². The van der Waals surface area contributed by atoms with Crippen molar-refractivity contribution in [2.24, 2.45) is 0 Å². The molecule has 0 spiro atoms. The number of anilines is 1. The van der Waals surface area contributed by atoms with E-state index in [-0.39, 0.29) is 11.3 Å². The van der Waals surface area contributed by atoms with Gasteiger partial charge in [-0.15, -0.1) is 0 Å². The molecule has 8 nitrogen and oxygen atoms in total. The van der Waals surface area contributed by atoms with E-state index in [4.69, 9.17) is 16.0 Å². The number of carbonyl (C=O) groups is 1. The van der Waals surface area contributed by atoms with E-state index in [1.54, 1.807) is 11.8 Å². The third kappa shape index (κ3) is 3.94. The van der Waals surface area contributed by atoms with Crippen LogP contribution in [0.25, 0.3) is 10.5 Å². The zero-order chi connectivity index (χ0) is 24.7. The summed E-state index contributed by atoms with van der Waals surface area (Å²) in [4.78, 5) is 21.7. The summed E-state index contributed by atoms with van der Waals surface area (Å²) in [5.41, 5.74) is 4.37. The van der Waals surface area contributed by atoms with Gasteiger partial charge in [0.25, 0.3) is 11.7 Å². The Labute approximate surface area is 210 Å². The van der Waals surface area contributed by atoms with Gasteiger partial charge in [-0.25, -0.2) is 0 Å². The third-order valence-electron chi connectivity index (χ3n) is 7.69. The summed E-state index contributed by atoms with van der Waals surface area (Å²) in [6, 6.07) is 15.9. The fourth-order valence-corrected chi connectivity index (χ4v) is 5.46. The minimum absolute atomic E-state index is 0.128. The number of fused-ring (bicyclic) bond motifs is 1.